The second-order valence-electron chi connectivity index (χ2n) is 7.49. The second kappa shape index (κ2) is 10.2. The van der Waals surface area contributed by atoms with Gasteiger partial charge in [-0.05, 0) is 60.0 Å². The molecule has 1 aliphatic heterocycles. The number of benzene rings is 2. The molecule has 4 rings (SSSR count). The smallest absolute Gasteiger partial charge is 0.387 e. The second-order valence-corrected chi connectivity index (χ2v) is 7.49. The van der Waals surface area contributed by atoms with Crippen LogP contribution in [0.2, 0.25) is 0 Å². The average Bonchev–Trinajstić information content (AvgIpc) is 2.84. The Balaban J connectivity index is 1.41. The van der Waals surface area contributed by atoms with Crippen molar-refractivity contribution >= 4 is 17.6 Å². The highest BCUT2D eigenvalue weighted by Crippen LogP contribution is 2.28. The number of hydrogen-bond acceptors (Lipinski definition) is 5. The highest BCUT2D eigenvalue weighted by Gasteiger charge is 2.21. The van der Waals surface area contributed by atoms with Crippen molar-refractivity contribution in [3.8, 4) is 17.2 Å². The molecular formula is C24H22F2N4O4. The number of carbonyl (C=O) groups excluding carboxylic acids is 2. The quantitative estimate of drug-likeness (QED) is 0.559. The highest BCUT2D eigenvalue weighted by molar-refractivity contribution is 5.92. The van der Waals surface area contributed by atoms with Crippen LogP contribution in [-0.4, -0.2) is 42.0 Å². The van der Waals surface area contributed by atoms with Crippen LogP contribution in [-0.2, 0) is 13.0 Å². The number of alkyl halides is 2. The van der Waals surface area contributed by atoms with Crippen LogP contribution in [0, 0.1) is 0 Å². The SMILES string of the molecule is CNC(=O)c1cc(Oc2ccc3c(c2)CN(C(=O)Nc2ccc(OC(F)F)cc2)CC3)ccn1. The van der Waals surface area contributed by atoms with Crippen molar-refractivity contribution in [2.75, 3.05) is 18.9 Å². The molecule has 34 heavy (non-hydrogen) atoms. The van der Waals surface area contributed by atoms with Gasteiger partial charge in [0.15, 0.2) is 0 Å². The number of nitrogens with zero attached hydrogens (tertiary/aromatic N) is 2. The fourth-order valence-corrected chi connectivity index (χ4v) is 3.56. The van der Waals surface area contributed by atoms with E-state index >= 15 is 0 Å². The first kappa shape index (κ1) is 23.0. The molecule has 0 bridgehead atoms. The first-order valence-corrected chi connectivity index (χ1v) is 10.5. The summed E-state index contributed by atoms with van der Waals surface area (Å²) in [5.74, 6) is 0.751. The van der Waals surface area contributed by atoms with Crippen molar-refractivity contribution in [3.05, 3.63) is 77.6 Å². The molecule has 1 aliphatic rings. The van der Waals surface area contributed by atoms with Gasteiger partial charge < -0.3 is 25.0 Å². The number of ether oxygens (including phenoxy) is 2. The van der Waals surface area contributed by atoms with E-state index in [1.165, 1.54) is 37.5 Å². The Kier molecular flexibility index (Phi) is 6.86. The summed E-state index contributed by atoms with van der Waals surface area (Å²) in [7, 11) is 1.53. The first-order chi connectivity index (χ1) is 16.4. The van der Waals surface area contributed by atoms with E-state index in [-0.39, 0.29) is 23.4 Å². The van der Waals surface area contributed by atoms with Crippen molar-refractivity contribution < 1.29 is 27.8 Å². The van der Waals surface area contributed by atoms with Crippen LogP contribution in [0.3, 0.4) is 0 Å². The van der Waals surface area contributed by atoms with Crippen LogP contribution in [0.25, 0.3) is 0 Å². The van der Waals surface area contributed by atoms with Gasteiger partial charge in [-0.3, -0.25) is 9.78 Å². The lowest BCUT2D eigenvalue weighted by atomic mass is 10.00. The standard InChI is InChI=1S/C24H22F2N4O4/c1-27-22(31)21-13-20(8-10-28-21)33-19-5-2-15-9-11-30(14-16(15)12-19)24(32)29-17-3-6-18(7-4-17)34-23(25)26/h2-8,10,12-13,23H,9,11,14H2,1H3,(H,27,31)(H,29,32). The van der Waals surface area contributed by atoms with E-state index in [2.05, 4.69) is 20.4 Å². The van der Waals surface area contributed by atoms with Crippen molar-refractivity contribution in [3.63, 3.8) is 0 Å². The largest absolute Gasteiger partial charge is 0.457 e. The Morgan fingerprint density at radius 3 is 2.47 bits per heavy atom. The Morgan fingerprint density at radius 2 is 1.74 bits per heavy atom. The maximum atomic E-state index is 12.7. The minimum Gasteiger partial charge on any atom is -0.457 e. The molecule has 2 aromatic carbocycles. The van der Waals surface area contributed by atoms with Gasteiger partial charge in [0.2, 0.25) is 0 Å². The predicted octanol–water partition coefficient (Wildman–Crippen LogP) is 4.43. The lowest BCUT2D eigenvalue weighted by molar-refractivity contribution is -0.0498. The topological polar surface area (TPSA) is 92.8 Å². The van der Waals surface area contributed by atoms with Gasteiger partial charge in [0.1, 0.15) is 22.9 Å². The number of carbonyl (C=O) groups is 2. The third-order valence-corrected chi connectivity index (χ3v) is 5.23. The van der Waals surface area contributed by atoms with Gasteiger partial charge in [-0.25, -0.2) is 4.79 Å². The molecule has 2 N–H and O–H groups in total. The fourth-order valence-electron chi connectivity index (χ4n) is 3.56. The molecule has 3 aromatic rings. The molecule has 1 aromatic heterocycles. The fraction of sp³-hybridized carbons (Fsp3) is 0.208. The van der Waals surface area contributed by atoms with Crippen LogP contribution >= 0.6 is 0 Å². The zero-order valence-electron chi connectivity index (χ0n) is 18.3. The third-order valence-electron chi connectivity index (χ3n) is 5.23. The van der Waals surface area contributed by atoms with E-state index in [9.17, 15) is 18.4 Å². The number of fused-ring (bicyclic) bond motifs is 1. The Bertz CT molecular complexity index is 1190. The van der Waals surface area contributed by atoms with Gasteiger partial charge in [-0.1, -0.05) is 6.07 Å². The van der Waals surface area contributed by atoms with E-state index in [0.29, 0.717) is 36.7 Å². The van der Waals surface area contributed by atoms with E-state index in [4.69, 9.17) is 4.74 Å². The number of halogens is 2. The minimum atomic E-state index is -2.90. The number of aromatic nitrogens is 1. The molecule has 0 unspecified atom stereocenters. The molecule has 2 heterocycles. The van der Waals surface area contributed by atoms with E-state index in [0.717, 1.165) is 11.1 Å². The van der Waals surface area contributed by atoms with Crippen molar-refractivity contribution in [1.82, 2.24) is 15.2 Å². The normalized spacial score (nSPS) is 12.6. The molecule has 0 saturated carbocycles. The van der Waals surface area contributed by atoms with Crippen molar-refractivity contribution in [2.45, 2.75) is 19.6 Å². The van der Waals surface area contributed by atoms with E-state index in [1.807, 2.05) is 18.2 Å². The van der Waals surface area contributed by atoms with Crippen molar-refractivity contribution in [1.29, 1.82) is 0 Å². The molecule has 0 radical (unpaired) electrons. The molecule has 0 atom stereocenters. The van der Waals surface area contributed by atoms with Crippen LogP contribution in [0.4, 0.5) is 19.3 Å². The zero-order chi connectivity index (χ0) is 24.1. The summed E-state index contributed by atoms with van der Waals surface area (Å²) in [5, 5.41) is 5.29. The Morgan fingerprint density at radius 1 is 1.00 bits per heavy atom. The van der Waals surface area contributed by atoms with Gasteiger partial charge >= 0.3 is 12.6 Å². The maximum absolute atomic E-state index is 12.7. The van der Waals surface area contributed by atoms with Crippen LogP contribution in [0.5, 0.6) is 17.2 Å². The molecule has 0 fully saturated rings. The van der Waals surface area contributed by atoms with Gasteiger partial charge in [0.25, 0.3) is 5.91 Å². The van der Waals surface area contributed by atoms with Crippen molar-refractivity contribution in [2.24, 2.45) is 0 Å². The van der Waals surface area contributed by atoms with E-state index in [1.54, 1.807) is 17.0 Å². The van der Waals surface area contributed by atoms with Gasteiger partial charge in [-0.15, -0.1) is 0 Å². The summed E-state index contributed by atoms with van der Waals surface area (Å²) in [6.07, 6.45) is 2.18. The highest BCUT2D eigenvalue weighted by atomic mass is 19.3. The lowest BCUT2D eigenvalue weighted by Gasteiger charge is -2.29. The number of rotatable bonds is 6. The van der Waals surface area contributed by atoms with Crippen LogP contribution in [0.1, 0.15) is 21.6 Å². The molecule has 176 valence electrons. The first-order valence-electron chi connectivity index (χ1n) is 10.5. The molecule has 8 nitrogen and oxygen atoms in total. The monoisotopic (exact) mass is 468 g/mol. The molecule has 0 spiro atoms. The Hall–Kier alpha value is -4.21. The third kappa shape index (κ3) is 5.58. The van der Waals surface area contributed by atoms with Crippen LogP contribution in [0.15, 0.2) is 60.8 Å². The summed E-state index contributed by atoms with van der Waals surface area (Å²) in [6, 6.07) is 14.3. The zero-order valence-corrected chi connectivity index (χ0v) is 18.3. The molecule has 3 amide bonds. The summed E-state index contributed by atoms with van der Waals surface area (Å²) in [5.41, 5.74) is 2.78. The number of nitrogens with one attached hydrogen (secondary N) is 2. The molecule has 10 heteroatoms. The van der Waals surface area contributed by atoms with Gasteiger partial charge in [0, 0.05) is 38.1 Å². The Labute approximate surface area is 194 Å². The summed E-state index contributed by atoms with van der Waals surface area (Å²) < 4.78 is 34.8. The molecule has 0 aliphatic carbocycles. The maximum Gasteiger partial charge on any atom is 0.387 e. The predicted molar refractivity (Wildman–Crippen MR) is 120 cm³/mol. The van der Waals surface area contributed by atoms with Gasteiger partial charge in [-0.2, -0.15) is 8.78 Å². The molecular weight excluding hydrogens is 446 g/mol. The lowest BCUT2D eigenvalue weighted by Crippen LogP contribution is -2.38. The number of urea groups is 1. The number of hydrogen-bond donors (Lipinski definition) is 2. The summed E-state index contributed by atoms with van der Waals surface area (Å²) in [6.45, 7) is -1.99. The number of pyridine rings is 1. The van der Waals surface area contributed by atoms with Gasteiger partial charge in [0.05, 0.1) is 0 Å². The average molecular weight is 468 g/mol. The summed E-state index contributed by atoms with van der Waals surface area (Å²) in [4.78, 5) is 30.2. The number of amides is 3. The summed E-state index contributed by atoms with van der Waals surface area (Å²) >= 11 is 0. The van der Waals surface area contributed by atoms with E-state index < -0.39 is 6.61 Å². The minimum absolute atomic E-state index is 0.0177. The van der Waals surface area contributed by atoms with Crippen LogP contribution < -0.4 is 20.1 Å². The molecule has 0 saturated heterocycles. The number of anilines is 1.